The van der Waals surface area contributed by atoms with E-state index in [4.69, 9.17) is 4.74 Å². The highest BCUT2D eigenvalue weighted by atomic mass is 32.1. The van der Waals surface area contributed by atoms with Gasteiger partial charge in [0.25, 0.3) is 0 Å². The van der Waals surface area contributed by atoms with Gasteiger partial charge in [-0.05, 0) is 39.4 Å². The third-order valence-corrected chi connectivity index (χ3v) is 1.94. The minimum Gasteiger partial charge on any atom is -0.444 e. The lowest BCUT2D eigenvalue weighted by atomic mass is 10.2. The molecule has 2 amide bonds. The van der Waals surface area contributed by atoms with Crippen molar-refractivity contribution in [3.05, 3.63) is 0 Å². The molecule has 1 atom stereocenters. The van der Waals surface area contributed by atoms with Crippen LogP contribution in [-0.2, 0) is 9.47 Å². The zero-order valence-corrected chi connectivity index (χ0v) is 11.1. The van der Waals surface area contributed by atoms with Gasteiger partial charge in [0.05, 0.1) is 6.10 Å². The topological polar surface area (TPSA) is 77.3 Å². The van der Waals surface area contributed by atoms with Crippen LogP contribution in [0.5, 0.6) is 0 Å². The third-order valence-electron chi connectivity index (χ3n) is 1.62. The van der Waals surface area contributed by atoms with Crippen molar-refractivity contribution in [3.8, 4) is 0 Å². The Balaban J connectivity index is 3.92. The van der Waals surface area contributed by atoms with Crippen molar-refractivity contribution >= 4 is 24.8 Å². The number of thiol groups is 1. The molecule has 0 bridgehead atoms. The second-order valence-corrected chi connectivity index (χ2v) is 4.14. The first-order valence-corrected chi connectivity index (χ1v) is 6.02. The largest absolute Gasteiger partial charge is 0.452 e. The predicted octanol–water partition coefficient (Wildman–Crippen LogP) is 3.22. The average molecular weight is 262 g/mol. The number of amides is 2. The Hall–Kier alpha value is -1.11. The van der Waals surface area contributed by atoms with Gasteiger partial charge in [-0.1, -0.05) is 10.2 Å². The number of azo groups is 1. The van der Waals surface area contributed by atoms with E-state index in [0.29, 0.717) is 6.42 Å². The maximum atomic E-state index is 11.1. The monoisotopic (exact) mass is 262 g/mol. The molecule has 17 heavy (non-hydrogen) atoms. The highest BCUT2D eigenvalue weighted by molar-refractivity contribution is 7.80. The molecule has 0 aliphatic heterocycles. The van der Waals surface area contributed by atoms with Crippen LogP contribution in [0.4, 0.5) is 9.59 Å². The zero-order chi connectivity index (χ0) is 13.3. The standard InChI is InChI=1S/C10H18N2O4S/c1-7(2)15-9(13)11-12-10(14)16-8(3)5-4-6-17/h7-8,17H,4-6H2,1-3H3/b12-11+. The molecule has 0 saturated carbocycles. The average Bonchev–Trinajstić information content (AvgIpc) is 2.22. The van der Waals surface area contributed by atoms with Gasteiger partial charge in [-0.2, -0.15) is 12.6 Å². The van der Waals surface area contributed by atoms with Crippen molar-refractivity contribution in [2.45, 2.75) is 45.8 Å². The molecule has 6 nitrogen and oxygen atoms in total. The molecule has 0 aromatic heterocycles. The molecule has 0 aliphatic carbocycles. The van der Waals surface area contributed by atoms with E-state index in [1.54, 1.807) is 20.8 Å². The molecule has 98 valence electrons. The first-order valence-electron chi connectivity index (χ1n) is 5.39. The molecule has 0 spiro atoms. The Morgan fingerprint density at radius 1 is 1.12 bits per heavy atom. The van der Waals surface area contributed by atoms with Crippen LogP contribution in [0.3, 0.4) is 0 Å². The van der Waals surface area contributed by atoms with Gasteiger partial charge in [-0.15, -0.1) is 0 Å². The molecule has 0 aromatic carbocycles. The van der Waals surface area contributed by atoms with Crippen LogP contribution in [0.25, 0.3) is 0 Å². The van der Waals surface area contributed by atoms with Gasteiger partial charge in [0.15, 0.2) is 0 Å². The minimum absolute atomic E-state index is 0.269. The Labute approximate surface area is 106 Å². The third kappa shape index (κ3) is 9.80. The molecular formula is C10H18N2O4S. The van der Waals surface area contributed by atoms with Crippen molar-refractivity contribution in [2.75, 3.05) is 5.75 Å². The van der Waals surface area contributed by atoms with E-state index in [9.17, 15) is 9.59 Å². The summed E-state index contributed by atoms with van der Waals surface area (Å²) in [4.78, 5) is 22.0. The molecule has 0 aromatic rings. The molecule has 1 unspecified atom stereocenters. The second-order valence-electron chi connectivity index (χ2n) is 3.69. The second kappa shape index (κ2) is 8.98. The summed E-state index contributed by atoms with van der Waals surface area (Å²) in [5.41, 5.74) is 0. The number of hydrogen-bond acceptors (Lipinski definition) is 5. The number of rotatable bonds is 5. The highest BCUT2D eigenvalue weighted by Gasteiger charge is 2.09. The minimum atomic E-state index is -0.903. The van der Waals surface area contributed by atoms with Gasteiger partial charge < -0.3 is 9.47 Å². The molecule has 0 N–H and O–H groups in total. The van der Waals surface area contributed by atoms with Crippen LogP contribution < -0.4 is 0 Å². The van der Waals surface area contributed by atoms with Gasteiger partial charge in [-0.25, -0.2) is 9.59 Å². The smallest absolute Gasteiger partial charge is 0.444 e. The van der Waals surface area contributed by atoms with E-state index < -0.39 is 12.2 Å². The van der Waals surface area contributed by atoms with Gasteiger partial charge in [0.2, 0.25) is 0 Å². The van der Waals surface area contributed by atoms with E-state index in [1.807, 2.05) is 0 Å². The number of carbonyl (C=O) groups excluding carboxylic acids is 2. The van der Waals surface area contributed by atoms with Crippen molar-refractivity contribution in [2.24, 2.45) is 10.2 Å². The van der Waals surface area contributed by atoms with Crippen LogP contribution in [-0.4, -0.2) is 30.1 Å². The lowest BCUT2D eigenvalue weighted by Gasteiger charge is -2.09. The molecule has 0 radical (unpaired) electrons. The molecule has 0 saturated heterocycles. The summed E-state index contributed by atoms with van der Waals surface area (Å²) in [5, 5.41) is 6.17. The number of hydrogen-bond donors (Lipinski definition) is 1. The summed E-state index contributed by atoms with van der Waals surface area (Å²) in [6, 6.07) is 0. The fourth-order valence-corrected chi connectivity index (χ4v) is 1.12. The van der Waals surface area contributed by atoms with Crippen LogP contribution in [0.15, 0.2) is 10.2 Å². The molecule has 0 fully saturated rings. The van der Waals surface area contributed by atoms with E-state index in [0.717, 1.165) is 12.2 Å². The molecule has 0 aliphatic rings. The quantitative estimate of drug-likeness (QED) is 0.609. The lowest BCUT2D eigenvalue weighted by molar-refractivity contribution is 0.106. The van der Waals surface area contributed by atoms with Crippen LogP contribution >= 0.6 is 12.6 Å². The first kappa shape index (κ1) is 15.9. The maximum Gasteiger partial charge on any atom is 0.452 e. The summed E-state index contributed by atoms with van der Waals surface area (Å²) in [7, 11) is 0. The SMILES string of the molecule is CC(C)OC(=O)/N=N/C(=O)OC(C)CCCS. The van der Waals surface area contributed by atoms with E-state index in [1.165, 1.54) is 0 Å². The summed E-state index contributed by atoms with van der Waals surface area (Å²) < 4.78 is 9.52. The van der Waals surface area contributed by atoms with Crippen LogP contribution in [0.2, 0.25) is 0 Å². The van der Waals surface area contributed by atoms with Crippen LogP contribution in [0.1, 0.15) is 33.6 Å². The molecule has 7 heteroatoms. The van der Waals surface area contributed by atoms with Crippen molar-refractivity contribution in [3.63, 3.8) is 0 Å². The Morgan fingerprint density at radius 2 is 1.65 bits per heavy atom. The van der Waals surface area contributed by atoms with Crippen LogP contribution in [0, 0.1) is 0 Å². The van der Waals surface area contributed by atoms with Crippen molar-refractivity contribution < 1.29 is 19.1 Å². The maximum absolute atomic E-state index is 11.1. The van der Waals surface area contributed by atoms with E-state index in [2.05, 4.69) is 27.6 Å². The summed E-state index contributed by atoms with van der Waals surface area (Å²) in [6.07, 6.45) is -0.829. The zero-order valence-electron chi connectivity index (χ0n) is 10.3. The Bertz CT molecular complexity index is 281. The fourth-order valence-electron chi connectivity index (χ4n) is 0.940. The van der Waals surface area contributed by atoms with Gasteiger partial charge in [0.1, 0.15) is 6.10 Å². The summed E-state index contributed by atoms with van der Waals surface area (Å²) >= 11 is 4.04. The number of nitrogens with zero attached hydrogens (tertiary/aromatic N) is 2. The van der Waals surface area contributed by atoms with Gasteiger partial charge >= 0.3 is 12.2 Å². The summed E-state index contributed by atoms with van der Waals surface area (Å²) in [5.74, 6) is 0.726. The lowest BCUT2D eigenvalue weighted by Crippen LogP contribution is -2.12. The molecule has 0 rings (SSSR count). The Morgan fingerprint density at radius 3 is 2.12 bits per heavy atom. The van der Waals surface area contributed by atoms with Gasteiger partial charge in [0, 0.05) is 0 Å². The van der Waals surface area contributed by atoms with E-state index >= 15 is 0 Å². The number of ether oxygens (including phenoxy) is 2. The molecule has 0 heterocycles. The van der Waals surface area contributed by atoms with Crippen molar-refractivity contribution in [1.29, 1.82) is 0 Å². The first-order chi connectivity index (χ1) is 7.95. The number of carbonyl (C=O) groups is 2. The normalized spacial score (nSPS) is 12.8. The van der Waals surface area contributed by atoms with Crippen molar-refractivity contribution in [1.82, 2.24) is 0 Å². The highest BCUT2D eigenvalue weighted by Crippen LogP contribution is 2.04. The molecular weight excluding hydrogens is 244 g/mol. The summed E-state index contributed by atoms with van der Waals surface area (Å²) in [6.45, 7) is 5.08. The van der Waals surface area contributed by atoms with Gasteiger partial charge in [-0.3, -0.25) is 0 Å². The van der Waals surface area contributed by atoms with E-state index in [-0.39, 0.29) is 12.2 Å². The predicted molar refractivity (Wildman–Crippen MR) is 65.5 cm³/mol. The Kier molecular flexibility index (Phi) is 8.39. The fraction of sp³-hybridized carbons (Fsp3) is 0.800.